The number of aromatic amines is 2. The highest BCUT2D eigenvalue weighted by Crippen LogP contribution is 2.34. The maximum atomic E-state index is 12.6. The Kier molecular flexibility index (Phi) is 6.86. The van der Waals surface area contributed by atoms with Crippen molar-refractivity contribution >= 4 is 23.1 Å². The number of hydrogen-bond donors (Lipinski definition) is 3. The molecule has 3 N–H and O–H groups in total. The summed E-state index contributed by atoms with van der Waals surface area (Å²) in [6.07, 6.45) is -10.4. The Bertz CT molecular complexity index is 1000. The second-order valence-corrected chi connectivity index (χ2v) is 6.57. The molecule has 1 aliphatic heterocycles. The fraction of sp³-hybridized carbons (Fsp3) is 0.500. The van der Waals surface area contributed by atoms with Crippen molar-refractivity contribution in [2.75, 3.05) is 13.1 Å². The summed E-state index contributed by atoms with van der Waals surface area (Å²) in [6.45, 7) is 1.61. The number of nitrogens with one attached hydrogen (secondary N) is 2. The lowest BCUT2D eigenvalue weighted by Gasteiger charge is -2.31. The topological polar surface area (TPSA) is 128 Å². The number of carbonyl (C=O) groups excluding carboxylic acids is 1. The molecule has 15 heteroatoms. The summed E-state index contributed by atoms with van der Waals surface area (Å²) in [7, 11) is 0. The van der Waals surface area contributed by atoms with Crippen molar-refractivity contribution < 1.29 is 45.8 Å². The van der Waals surface area contributed by atoms with Crippen LogP contribution in [0.15, 0.2) is 10.9 Å². The third-order valence-electron chi connectivity index (χ3n) is 4.37. The summed E-state index contributed by atoms with van der Waals surface area (Å²) >= 11 is 0. The number of alkyl halides is 6. The van der Waals surface area contributed by atoms with Gasteiger partial charge in [-0.25, -0.2) is 9.59 Å². The van der Waals surface area contributed by atoms with Gasteiger partial charge >= 0.3 is 24.4 Å². The molecule has 1 fully saturated rings. The first-order valence-corrected chi connectivity index (χ1v) is 8.61. The molecule has 1 amide bonds. The molecule has 0 saturated carbocycles. The number of ether oxygens (including phenoxy) is 1. The van der Waals surface area contributed by atoms with Crippen LogP contribution in [0.3, 0.4) is 0 Å². The number of H-pyrrole nitrogens is 2. The van der Waals surface area contributed by atoms with E-state index in [1.54, 1.807) is 6.92 Å². The van der Waals surface area contributed by atoms with Crippen LogP contribution in [0.2, 0.25) is 0 Å². The third kappa shape index (κ3) is 6.11. The SMILES string of the molecule is Cc1cc(=O)[nH]c2[nH]nc(OC(=O)N3CCC(C(F)(F)F)CC3)c12.O=C(O)C(F)(F)F. The molecule has 172 valence electrons. The van der Waals surface area contributed by atoms with Crippen LogP contribution < -0.4 is 10.3 Å². The monoisotopic (exact) mass is 458 g/mol. The number of aryl methyl sites for hydroxylation is 1. The predicted molar refractivity (Wildman–Crippen MR) is 91.5 cm³/mol. The van der Waals surface area contributed by atoms with E-state index in [4.69, 9.17) is 14.6 Å². The quantitative estimate of drug-likeness (QED) is 0.564. The van der Waals surface area contributed by atoms with Gasteiger partial charge in [0.1, 0.15) is 5.65 Å². The standard InChI is InChI=1S/C14H15F3N4O3.C2HF3O2/c1-7-6-9(22)18-11-10(7)12(20-19-11)24-13(23)21-4-2-8(3-5-21)14(15,16)17;3-2(4,5)1(6)7/h6,8H,2-5H2,1H3,(H2,18,19,20,22);(H,6,7). The molecular weight excluding hydrogens is 442 g/mol. The fourth-order valence-corrected chi connectivity index (χ4v) is 2.82. The molecule has 0 spiro atoms. The minimum absolute atomic E-state index is 0.0123. The second kappa shape index (κ2) is 8.85. The summed E-state index contributed by atoms with van der Waals surface area (Å²) in [5.74, 6) is -4.16. The number of carbonyl (C=O) groups is 2. The van der Waals surface area contributed by atoms with Crippen molar-refractivity contribution in [1.82, 2.24) is 20.1 Å². The molecule has 2 aromatic rings. The van der Waals surface area contributed by atoms with Crippen LogP contribution in [0.1, 0.15) is 18.4 Å². The molecule has 2 aromatic heterocycles. The molecular formula is C16H16F6N4O5. The molecule has 1 aliphatic rings. The van der Waals surface area contributed by atoms with Gasteiger partial charge in [-0.05, 0) is 25.3 Å². The number of halogens is 6. The number of carboxylic acids is 1. The van der Waals surface area contributed by atoms with Crippen LogP contribution >= 0.6 is 0 Å². The number of rotatable bonds is 1. The van der Waals surface area contributed by atoms with Gasteiger partial charge in [0.15, 0.2) is 0 Å². The first-order chi connectivity index (χ1) is 14.2. The Hall–Kier alpha value is -3.26. The lowest BCUT2D eigenvalue weighted by atomic mass is 9.97. The van der Waals surface area contributed by atoms with Gasteiger partial charge in [-0.1, -0.05) is 0 Å². The van der Waals surface area contributed by atoms with Crippen LogP contribution in [-0.2, 0) is 4.79 Å². The zero-order chi connectivity index (χ0) is 23.6. The van der Waals surface area contributed by atoms with E-state index in [0.29, 0.717) is 16.6 Å². The number of carboxylic acid groups (broad SMARTS) is 1. The molecule has 0 unspecified atom stereocenters. The molecule has 3 heterocycles. The van der Waals surface area contributed by atoms with Crippen LogP contribution in [0.4, 0.5) is 31.1 Å². The van der Waals surface area contributed by atoms with Crippen molar-refractivity contribution in [3.63, 3.8) is 0 Å². The largest absolute Gasteiger partial charge is 0.490 e. The molecule has 31 heavy (non-hydrogen) atoms. The highest BCUT2D eigenvalue weighted by atomic mass is 19.4. The van der Waals surface area contributed by atoms with E-state index < -0.39 is 30.3 Å². The molecule has 0 bridgehead atoms. The minimum atomic E-state index is -5.08. The molecule has 3 rings (SSSR count). The summed E-state index contributed by atoms with van der Waals surface area (Å²) < 4.78 is 74.9. The summed E-state index contributed by atoms with van der Waals surface area (Å²) in [5.41, 5.74) is 0.565. The number of fused-ring (bicyclic) bond motifs is 1. The molecule has 1 saturated heterocycles. The predicted octanol–water partition coefficient (Wildman–Crippen LogP) is 2.97. The van der Waals surface area contributed by atoms with Crippen molar-refractivity contribution in [3.8, 4) is 5.88 Å². The lowest BCUT2D eigenvalue weighted by Crippen LogP contribution is -2.43. The molecule has 0 atom stereocenters. The normalized spacial score (nSPS) is 15.4. The van der Waals surface area contributed by atoms with E-state index in [-0.39, 0.29) is 37.4 Å². The van der Waals surface area contributed by atoms with Crippen LogP contribution in [0, 0.1) is 12.8 Å². The maximum absolute atomic E-state index is 12.6. The molecule has 0 aliphatic carbocycles. The van der Waals surface area contributed by atoms with E-state index >= 15 is 0 Å². The number of hydrogen-bond acceptors (Lipinski definition) is 5. The molecule has 0 radical (unpaired) electrons. The maximum Gasteiger partial charge on any atom is 0.490 e. The number of pyridine rings is 1. The van der Waals surface area contributed by atoms with Gasteiger partial charge in [0.2, 0.25) is 5.56 Å². The summed E-state index contributed by atoms with van der Waals surface area (Å²) in [6, 6.07) is 1.34. The third-order valence-corrected chi connectivity index (χ3v) is 4.37. The highest BCUT2D eigenvalue weighted by molar-refractivity contribution is 5.86. The Balaban J connectivity index is 0.000000423. The smallest absolute Gasteiger partial charge is 0.475 e. The summed E-state index contributed by atoms with van der Waals surface area (Å²) in [5, 5.41) is 14.0. The highest BCUT2D eigenvalue weighted by Gasteiger charge is 2.42. The number of aliphatic carboxylic acids is 1. The van der Waals surface area contributed by atoms with E-state index in [0.717, 1.165) is 0 Å². The van der Waals surface area contributed by atoms with Gasteiger partial charge < -0.3 is 19.7 Å². The number of amides is 1. The molecule has 0 aromatic carbocycles. The molecule has 9 nitrogen and oxygen atoms in total. The number of likely N-dealkylation sites (tertiary alicyclic amines) is 1. The Morgan fingerprint density at radius 2 is 1.74 bits per heavy atom. The average molecular weight is 458 g/mol. The lowest BCUT2D eigenvalue weighted by molar-refractivity contribution is -0.192. The Labute approximate surface area is 169 Å². The fourth-order valence-electron chi connectivity index (χ4n) is 2.82. The number of aromatic nitrogens is 3. The van der Waals surface area contributed by atoms with Crippen LogP contribution in [0.25, 0.3) is 11.0 Å². The van der Waals surface area contributed by atoms with E-state index in [2.05, 4.69) is 15.2 Å². The first kappa shape index (κ1) is 24.0. The van der Waals surface area contributed by atoms with Gasteiger partial charge in [-0.3, -0.25) is 9.89 Å². The van der Waals surface area contributed by atoms with Crippen LogP contribution in [0.5, 0.6) is 5.88 Å². The van der Waals surface area contributed by atoms with Gasteiger partial charge in [-0.15, -0.1) is 5.10 Å². The average Bonchev–Trinajstić information content (AvgIpc) is 3.03. The number of nitrogens with zero attached hydrogens (tertiary/aromatic N) is 2. The van der Waals surface area contributed by atoms with E-state index in [9.17, 15) is 35.9 Å². The first-order valence-electron chi connectivity index (χ1n) is 8.61. The zero-order valence-electron chi connectivity index (χ0n) is 15.7. The minimum Gasteiger partial charge on any atom is -0.475 e. The van der Waals surface area contributed by atoms with Crippen LogP contribution in [-0.4, -0.2) is 62.7 Å². The zero-order valence-corrected chi connectivity index (χ0v) is 15.7. The van der Waals surface area contributed by atoms with Gasteiger partial charge in [0.05, 0.1) is 11.3 Å². The Morgan fingerprint density at radius 1 is 1.19 bits per heavy atom. The van der Waals surface area contributed by atoms with Crippen molar-refractivity contribution in [1.29, 1.82) is 0 Å². The van der Waals surface area contributed by atoms with Gasteiger partial charge in [0, 0.05) is 19.2 Å². The van der Waals surface area contributed by atoms with Gasteiger partial charge in [-0.2, -0.15) is 26.3 Å². The van der Waals surface area contributed by atoms with Gasteiger partial charge in [0.25, 0.3) is 5.88 Å². The van der Waals surface area contributed by atoms with E-state index in [1.165, 1.54) is 11.0 Å². The second-order valence-electron chi connectivity index (χ2n) is 6.57. The van der Waals surface area contributed by atoms with E-state index in [1.807, 2.05) is 0 Å². The number of piperidine rings is 1. The van der Waals surface area contributed by atoms with Crippen molar-refractivity contribution in [2.24, 2.45) is 5.92 Å². The Morgan fingerprint density at radius 3 is 2.23 bits per heavy atom. The summed E-state index contributed by atoms with van der Waals surface area (Å²) in [4.78, 5) is 36.2. The van der Waals surface area contributed by atoms with Crippen molar-refractivity contribution in [2.45, 2.75) is 32.1 Å². The van der Waals surface area contributed by atoms with Crippen molar-refractivity contribution in [3.05, 3.63) is 22.0 Å².